The summed E-state index contributed by atoms with van der Waals surface area (Å²) < 4.78 is 0. The lowest BCUT2D eigenvalue weighted by molar-refractivity contribution is -0.132. The number of hydrogen-bond acceptors (Lipinski definition) is 4. The van der Waals surface area contributed by atoms with Gasteiger partial charge in [-0.15, -0.1) is 11.3 Å². The van der Waals surface area contributed by atoms with Crippen LogP contribution in [0, 0.1) is 0 Å². The van der Waals surface area contributed by atoms with E-state index in [1.807, 2.05) is 12.3 Å². The Hall–Kier alpha value is -1.20. The van der Waals surface area contributed by atoms with Crippen molar-refractivity contribution >= 4 is 17.3 Å². The van der Waals surface area contributed by atoms with Crippen LogP contribution in [0.1, 0.15) is 24.4 Å². The maximum atomic E-state index is 10.5. The third-order valence-electron chi connectivity index (χ3n) is 2.02. The van der Waals surface area contributed by atoms with Gasteiger partial charge in [0.25, 0.3) is 0 Å². The van der Waals surface area contributed by atoms with Crippen LogP contribution in [0.25, 0.3) is 0 Å². The molecule has 0 radical (unpaired) electrons. The molecule has 0 amide bonds. The predicted molar refractivity (Wildman–Crippen MR) is 59.9 cm³/mol. The molecule has 1 unspecified atom stereocenters. The van der Waals surface area contributed by atoms with Crippen LogP contribution < -0.4 is 5.32 Å². The van der Waals surface area contributed by atoms with Gasteiger partial charge in [-0.25, -0.2) is 9.78 Å². The third-order valence-corrected chi connectivity index (χ3v) is 2.91. The maximum Gasteiger partial charge on any atom is 0.332 e. The van der Waals surface area contributed by atoms with Crippen LogP contribution in [0.5, 0.6) is 0 Å². The van der Waals surface area contributed by atoms with Crippen LogP contribution in [0.3, 0.4) is 0 Å². The molecule has 0 aliphatic rings. The van der Waals surface area contributed by atoms with Crippen LogP contribution in [-0.2, 0) is 4.79 Å². The molecule has 15 heavy (non-hydrogen) atoms. The molecular weight excluding hydrogens is 212 g/mol. The van der Waals surface area contributed by atoms with Gasteiger partial charge in [0.15, 0.2) is 0 Å². The first-order chi connectivity index (χ1) is 7.15. The van der Waals surface area contributed by atoms with E-state index in [0.29, 0.717) is 0 Å². The minimum atomic E-state index is -0.962. The van der Waals surface area contributed by atoms with Crippen molar-refractivity contribution in [3.8, 4) is 0 Å². The Morgan fingerprint density at radius 1 is 1.80 bits per heavy atom. The number of hydrogen-bond donors (Lipinski definition) is 2. The molecule has 1 aromatic heterocycles. The number of nitrogens with one attached hydrogen (secondary N) is 1. The van der Waals surface area contributed by atoms with Crippen LogP contribution in [0.2, 0.25) is 0 Å². The number of rotatable bonds is 6. The van der Waals surface area contributed by atoms with Crippen molar-refractivity contribution in [2.75, 3.05) is 6.54 Å². The van der Waals surface area contributed by atoms with Gasteiger partial charge in [0.1, 0.15) is 5.01 Å². The Morgan fingerprint density at radius 2 is 2.53 bits per heavy atom. The summed E-state index contributed by atoms with van der Waals surface area (Å²) in [6, 6.07) is 0.112. The van der Waals surface area contributed by atoms with Gasteiger partial charge in [0.2, 0.25) is 0 Å². The fourth-order valence-electron chi connectivity index (χ4n) is 1.13. The van der Waals surface area contributed by atoms with Crippen molar-refractivity contribution in [1.29, 1.82) is 0 Å². The Kier molecular flexibility index (Phi) is 4.45. The lowest BCUT2D eigenvalue weighted by Gasteiger charge is -2.13. The second-order valence-corrected chi connectivity index (χ2v) is 4.05. The van der Waals surface area contributed by atoms with Crippen LogP contribution in [0.15, 0.2) is 23.7 Å². The average molecular weight is 226 g/mol. The van der Waals surface area contributed by atoms with E-state index < -0.39 is 5.97 Å². The molecule has 0 fully saturated rings. The number of aromatic nitrogens is 1. The highest BCUT2D eigenvalue weighted by molar-refractivity contribution is 7.09. The summed E-state index contributed by atoms with van der Waals surface area (Å²) in [5, 5.41) is 14.7. The highest BCUT2D eigenvalue weighted by Gasteiger charge is 2.12. The van der Waals surface area contributed by atoms with E-state index in [1.54, 1.807) is 17.5 Å². The van der Waals surface area contributed by atoms with E-state index in [9.17, 15) is 4.79 Å². The van der Waals surface area contributed by atoms with Gasteiger partial charge in [0, 0.05) is 23.7 Å². The van der Waals surface area contributed by atoms with Crippen molar-refractivity contribution in [1.82, 2.24) is 10.3 Å². The number of thiazole rings is 1. The molecule has 1 rings (SSSR count). The summed E-state index contributed by atoms with van der Waals surface area (Å²) in [6.07, 6.45) is 2.62. The van der Waals surface area contributed by atoms with Gasteiger partial charge < -0.3 is 10.4 Å². The predicted octanol–water partition coefficient (Wildman–Crippen LogP) is 1.82. The summed E-state index contributed by atoms with van der Waals surface area (Å²) in [6.45, 7) is 5.78. The van der Waals surface area contributed by atoms with Crippen LogP contribution in [-0.4, -0.2) is 22.6 Å². The fourth-order valence-corrected chi connectivity index (χ4v) is 1.93. The fraction of sp³-hybridized carbons (Fsp3) is 0.400. The van der Waals surface area contributed by atoms with E-state index in [0.717, 1.165) is 11.4 Å². The van der Waals surface area contributed by atoms with Gasteiger partial charge >= 0.3 is 5.97 Å². The van der Waals surface area contributed by atoms with E-state index in [1.165, 1.54) is 0 Å². The molecule has 82 valence electrons. The SMILES string of the molecule is C=C(CNC(CC)c1nccs1)C(=O)O. The molecule has 1 heterocycles. The van der Waals surface area contributed by atoms with Crippen molar-refractivity contribution in [2.45, 2.75) is 19.4 Å². The molecule has 5 heteroatoms. The smallest absolute Gasteiger partial charge is 0.332 e. The van der Waals surface area contributed by atoms with Gasteiger partial charge in [-0.3, -0.25) is 0 Å². The van der Waals surface area contributed by atoms with Crippen LogP contribution in [0.4, 0.5) is 0 Å². The zero-order valence-electron chi connectivity index (χ0n) is 8.56. The van der Waals surface area contributed by atoms with Gasteiger partial charge in [0.05, 0.1) is 6.04 Å². The van der Waals surface area contributed by atoms with Gasteiger partial charge in [-0.1, -0.05) is 13.5 Å². The molecule has 1 atom stereocenters. The number of carbonyl (C=O) groups is 1. The summed E-state index contributed by atoms with van der Waals surface area (Å²) in [4.78, 5) is 14.7. The number of nitrogens with zero attached hydrogens (tertiary/aromatic N) is 1. The van der Waals surface area contributed by atoms with Crippen molar-refractivity contribution < 1.29 is 9.90 Å². The zero-order chi connectivity index (χ0) is 11.3. The second kappa shape index (κ2) is 5.63. The topological polar surface area (TPSA) is 62.2 Å². The largest absolute Gasteiger partial charge is 0.478 e. The minimum absolute atomic E-state index is 0.112. The summed E-state index contributed by atoms with van der Waals surface area (Å²) in [5.74, 6) is -0.962. The van der Waals surface area contributed by atoms with E-state index in [4.69, 9.17) is 5.11 Å². The van der Waals surface area contributed by atoms with Gasteiger partial charge in [-0.2, -0.15) is 0 Å². The van der Waals surface area contributed by atoms with E-state index >= 15 is 0 Å². The normalized spacial score (nSPS) is 12.3. The molecular formula is C10H14N2O2S. The van der Waals surface area contributed by atoms with Gasteiger partial charge in [-0.05, 0) is 6.42 Å². The lowest BCUT2D eigenvalue weighted by Crippen LogP contribution is -2.25. The molecule has 0 aromatic carbocycles. The summed E-state index contributed by atoms with van der Waals surface area (Å²) >= 11 is 1.56. The molecule has 0 saturated carbocycles. The second-order valence-electron chi connectivity index (χ2n) is 3.12. The number of carboxylic acids is 1. The monoisotopic (exact) mass is 226 g/mol. The zero-order valence-corrected chi connectivity index (χ0v) is 9.38. The molecule has 4 nitrogen and oxygen atoms in total. The minimum Gasteiger partial charge on any atom is -0.478 e. The molecule has 1 aromatic rings. The van der Waals surface area contributed by atoms with Crippen molar-refractivity contribution in [2.24, 2.45) is 0 Å². The highest BCUT2D eigenvalue weighted by atomic mass is 32.1. The maximum absolute atomic E-state index is 10.5. The van der Waals surface area contributed by atoms with Crippen molar-refractivity contribution in [3.63, 3.8) is 0 Å². The quantitative estimate of drug-likeness (QED) is 0.726. The Morgan fingerprint density at radius 3 is 3.00 bits per heavy atom. The molecule has 0 aliphatic carbocycles. The summed E-state index contributed by atoms with van der Waals surface area (Å²) in [7, 11) is 0. The standard InChI is InChI=1S/C10H14N2O2S/c1-3-8(9-11-4-5-15-9)12-6-7(2)10(13)14/h4-5,8,12H,2-3,6H2,1H3,(H,13,14). The lowest BCUT2D eigenvalue weighted by atomic mass is 10.2. The molecule has 0 spiro atoms. The third kappa shape index (κ3) is 3.45. The number of carboxylic acid groups (broad SMARTS) is 1. The first-order valence-electron chi connectivity index (χ1n) is 4.69. The van der Waals surface area contributed by atoms with E-state index in [-0.39, 0.29) is 18.2 Å². The molecule has 0 aliphatic heterocycles. The first-order valence-corrected chi connectivity index (χ1v) is 5.57. The summed E-state index contributed by atoms with van der Waals surface area (Å²) in [5.41, 5.74) is 0.171. The Bertz CT molecular complexity index is 335. The first kappa shape index (κ1) is 11.9. The average Bonchev–Trinajstić information content (AvgIpc) is 2.71. The molecule has 2 N–H and O–H groups in total. The highest BCUT2D eigenvalue weighted by Crippen LogP contribution is 2.18. The van der Waals surface area contributed by atoms with Crippen LogP contribution >= 0.6 is 11.3 Å². The van der Waals surface area contributed by atoms with Crippen molar-refractivity contribution in [3.05, 3.63) is 28.7 Å². The van der Waals surface area contributed by atoms with E-state index in [2.05, 4.69) is 16.9 Å². The number of aliphatic carboxylic acids is 1. The molecule has 0 bridgehead atoms. The Balaban J connectivity index is 2.49. The Labute approximate surface area is 92.7 Å². The molecule has 0 saturated heterocycles.